The molecule has 0 aliphatic heterocycles. The molecule has 6 nitrogen and oxygen atoms in total. The van der Waals surface area contributed by atoms with Crippen LogP contribution in [0.25, 0.3) is 0 Å². The molecule has 0 radical (unpaired) electrons. The molecule has 0 heterocycles. The summed E-state index contributed by atoms with van der Waals surface area (Å²) in [5.74, 6) is -0.333. The lowest BCUT2D eigenvalue weighted by atomic mass is 10.8. The predicted molar refractivity (Wildman–Crippen MR) is 47.9 cm³/mol. The van der Waals surface area contributed by atoms with E-state index >= 15 is 0 Å². The Kier molecular flexibility index (Phi) is 9.50. The zero-order valence-corrected chi connectivity index (χ0v) is 8.91. The van der Waals surface area contributed by atoms with Crippen molar-refractivity contribution in [1.82, 2.24) is 0 Å². The molecular weight excluding hydrogens is 197 g/mol. The van der Waals surface area contributed by atoms with Gasteiger partial charge in [0.25, 0.3) is 0 Å². The maximum Gasteiger partial charge on any atom is 0.472 e. The monoisotopic (exact) mass is 213 g/mol. The van der Waals surface area contributed by atoms with E-state index < -0.39 is 7.82 Å². The number of carbonyl (C=O) groups excluding carboxylic acids is 1. The maximum absolute atomic E-state index is 10.5. The van der Waals surface area contributed by atoms with E-state index in [0.29, 0.717) is 0 Å². The average Bonchev–Trinajstić information content (AvgIpc) is 1.84. The Labute approximate surface area is 77.6 Å². The fraction of sp³-hybridized carbons (Fsp3) is 0.833. The van der Waals surface area contributed by atoms with Crippen LogP contribution in [0.1, 0.15) is 20.8 Å². The smallest absolute Gasteiger partial charge is 0.370 e. The minimum Gasteiger partial charge on any atom is -0.370 e. The molecule has 0 atom stereocenters. The predicted octanol–water partition coefficient (Wildman–Crippen LogP) is 0.651. The summed E-state index contributed by atoms with van der Waals surface area (Å²) in [4.78, 5) is 17.8. The third-order valence-electron chi connectivity index (χ3n) is 0.584. The first kappa shape index (κ1) is 15.1. The topological polar surface area (TPSA) is 98.9 Å². The molecule has 0 unspecified atom stereocenters. The Morgan fingerprint density at radius 1 is 1.38 bits per heavy atom. The van der Waals surface area contributed by atoms with Gasteiger partial charge in [0.15, 0.2) is 0 Å². The van der Waals surface area contributed by atoms with E-state index in [0.717, 1.165) is 0 Å². The van der Waals surface area contributed by atoms with Crippen molar-refractivity contribution in [2.24, 2.45) is 5.73 Å². The van der Waals surface area contributed by atoms with Crippen LogP contribution in [0.5, 0.6) is 0 Å². The molecule has 0 rings (SSSR count). The van der Waals surface area contributed by atoms with Crippen LogP contribution in [0.2, 0.25) is 0 Å². The largest absolute Gasteiger partial charge is 0.472 e. The summed E-state index contributed by atoms with van der Waals surface area (Å²) >= 11 is 0. The second kappa shape index (κ2) is 8.19. The lowest BCUT2D eigenvalue weighted by molar-refractivity contribution is -0.115. The highest BCUT2D eigenvalue weighted by molar-refractivity contribution is 7.47. The number of nitrogens with two attached hydrogens (primary N) is 1. The van der Waals surface area contributed by atoms with E-state index in [2.05, 4.69) is 14.8 Å². The van der Waals surface area contributed by atoms with E-state index in [9.17, 15) is 9.36 Å². The first-order valence-electron chi connectivity index (χ1n) is 3.73. The van der Waals surface area contributed by atoms with E-state index in [1.165, 1.54) is 6.92 Å². The second-order valence-corrected chi connectivity index (χ2v) is 3.37. The van der Waals surface area contributed by atoms with Gasteiger partial charge in [-0.15, -0.1) is 0 Å². The summed E-state index contributed by atoms with van der Waals surface area (Å²) in [7, 11) is -3.69. The van der Waals surface area contributed by atoms with Crippen LogP contribution in [0, 0.1) is 0 Å². The molecule has 0 saturated heterocycles. The first-order valence-corrected chi connectivity index (χ1v) is 5.23. The van der Waals surface area contributed by atoms with Crippen molar-refractivity contribution in [1.29, 1.82) is 0 Å². The Bertz CT molecular complexity index is 170. The van der Waals surface area contributed by atoms with Gasteiger partial charge in [-0.3, -0.25) is 13.8 Å². The highest BCUT2D eigenvalue weighted by atomic mass is 31.2. The van der Waals surface area contributed by atoms with Crippen molar-refractivity contribution in [3.05, 3.63) is 0 Å². The van der Waals surface area contributed by atoms with Gasteiger partial charge in [0, 0.05) is 6.92 Å². The Morgan fingerprint density at radius 2 is 1.62 bits per heavy atom. The molecule has 0 aliphatic carbocycles. The van der Waals surface area contributed by atoms with Gasteiger partial charge in [0.2, 0.25) is 5.91 Å². The van der Waals surface area contributed by atoms with Crippen molar-refractivity contribution in [2.45, 2.75) is 20.8 Å². The molecule has 80 valence electrons. The Balaban J connectivity index is 0. The fourth-order valence-corrected chi connectivity index (χ4v) is 1.09. The standard InChI is InChI=1S/C4H11O4P.C2H5NO/c1-3-7-9(5,6)8-4-2;1-2(3)4/h3-4H2,1-2H3,(H,5,6);1H3,(H2,3,4). The first-order chi connectivity index (χ1) is 5.85. The SMILES string of the molecule is CC(N)=O.CCOP(=O)(O)OCC. The van der Waals surface area contributed by atoms with Crippen molar-refractivity contribution in [2.75, 3.05) is 13.2 Å². The van der Waals surface area contributed by atoms with E-state index in [1.807, 2.05) is 0 Å². The van der Waals surface area contributed by atoms with Gasteiger partial charge in [-0.2, -0.15) is 0 Å². The van der Waals surface area contributed by atoms with Gasteiger partial charge in [-0.05, 0) is 13.8 Å². The minimum atomic E-state index is -3.69. The number of rotatable bonds is 4. The Hall–Kier alpha value is -0.420. The van der Waals surface area contributed by atoms with Gasteiger partial charge in [-0.25, -0.2) is 4.57 Å². The third kappa shape index (κ3) is 18.5. The molecule has 1 amide bonds. The molecular formula is C6H16NO5P. The summed E-state index contributed by atoms with van der Waals surface area (Å²) in [6.07, 6.45) is 0. The summed E-state index contributed by atoms with van der Waals surface area (Å²) in [5, 5.41) is 0. The van der Waals surface area contributed by atoms with E-state index in [1.54, 1.807) is 13.8 Å². The molecule has 0 bridgehead atoms. The Morgan fingerprint density at radius 3 is 1.77 bits per heavy atom. The van der Waals surface area contributed by atoms with Gasteiger partial charge in [0.05, 0.1) is 13.2 Å². The molecule has 7 heteroatoms. The quantitative estimate of drug-likeness (QED) is 0.668. The van der Waals surface area contributed by atoms with Crippen LogP contribution in [0.15, 0.2) is 0 Å². The molecule has 13 heavy (non-hydrogen) atoms. The lowest BCUT2D eigenvalue weighted by Crippen LogP contribution is -2.01. The van der Waals surface area contributed by atoms with Crippen molar-refractivity contribution in [3.63, 3.8) is 0 Å². The van der Waals surface area contributed by atoms with Crippen molar-refractivity contribution >= 4 is 13.7 Å². The summed E-state index contributed by atoms with van der Waals surface area (Å²) in [6, 6.07) is 0. The number of hydrogen-bond acceptors (Lipinski definition) is 4. The summed E-state index contributed by atoms with van der Waals surface area (Å²) < 4.78 is 19.2. The molecule has 0 saturated carbocycles. The molecule has 0 aromatic carbocycles. The highest BCUT2D eigenvalue weighted by Gasteiger charge is 2.17. The molecule has 3 N–H and O–H groups in total. The van der Waals surface area contributed by atoms with Crippen LogP contribution in [0.4, 0.5) is 0 Å². The zero-order valence-electron chi connectivity index (χ0n) is 8.02. The summed E-state index contributed by atoms with van der Waals surface area (Å²) in [5.41, 5.74) is 4.47. The minimum absolute atomic E-state index is 0.188. The van der Waals surface area contributed by atoms with Gasteiger partial charge in [0.1, 0.15) is 0 Å². The van der Waals surface area contributed by atoms with Crippen LogP contribution in [-0.4, -0.2) is 24.0 Å². The fourth-order valence-electron chi connectivity index (χ4n) is 0.364. The third-order valence-corrected chi connectivity index (χ3v) is 1.75. The van der Waals surface area contributed by atoms with Crippen molar-refractivity contribution < 1.29 is 23.3 Å². The maximum atomic E-state index is 10.5. The van der Waals surface area contributed by atoms with Gasteiger partial charge in [-0.1, -0.05) is 0 Å². The lowest BCUT2D eigenvalue weighted by Gasteiger charge is -2.07. The van der Waals surface area contributed by atoms with Crippen LogP contribution in [0.3, 0.4) is 0 Å². The number of phosphoric ester groups is 1. The molecule has 0 aromatic rings. The number of hydrogen-bond donors (Lipinski definition) is 2. The van der Waals surface area contributed by atoms with Gasteiger partial charge < -0.3 is 10.6 Å². The van der Waals surface area contributed by atoms with Crippen molar-refractivity contribution in [3.8, 4) is 0 Å². The van der Waals surface area contributed by atoms with Crippen LogP contribution < -0.4 is 5.73 Å². The summed E-state index contributed by atoms with van der Waals surface area (Å²) in [6.45, 7) is 4.94. The van der Waals surface area contributed by atoms with Crippen LogP contribution >= 0.6 is 7.82 Å². The normalized spacial score (nSPS) is 10.2. The molecule has 0 spiro atoms. The number of phosphoric acid groups is 1. The van der Waals surface area contributed by atoms with E-state index in [4.69, 9.17) is 4.89 Å². The number of carbonyl (C=O) groups is 1. The van der Waals surface area contributed by atoms with Gasteiger partial charge >= 0.3 is 7.82 Å². The second-order valence-electron chi connectivity index (χ2n) is 1.91. The van der Waals surface area contributed by atoms with E-state index in [-0.39, 0.29) is 19.1 Å². The van der Waals surface area contributed by atoms with Crippen LogP contribution in [-0.2, 0) is 18.4 Å². The number of amides is 1. The number of primary amides is 1. The average molecular weight is 213 g/mol. The molecule has 0 aliphatic rings. The zero-order chi connectivity index (χ0) is 10.9. The highest BCUT2D eigenvalue weighted by Crippen LogP contribution is 2.42. The molecule has 0 fully saturated rings. The molecule has 0 aromatic heterocycles.